The van der Waals surface area contributed by atoms with Gasteiger partial charge in [0.25, 0.3) is 0 Å². The topological polar surface area (TPSA) is 78.1 Å². The van der Waals surface area contributed by atoms with Gasteiger partial charge < -0.3 is 14.7 Å². The largest absolute Gasteiger partial charge is 0.461 e. The van der Waals surface area contributed by atoms with Gasteiger partial charge in [-0.2, -0.15) is 4.98 Å². The van der Waals surface area contributed by atoms with Crippen LogP contribution < -0.4 is 5.73 Å². The summed E-state index contributed by atoms with van der Waals surface area (Å²) in [4.78, 5) is 4.38. The third-order valence-electron chi connectivity index (χ3n) is 3.76. The van der Waals surface area contributed by atoms with Crippen LogP contribution in [0.2, 0.25) is 0 Å². The molecule has 1 aliphatic rings. The van der Waals surface area contributed by atoms with Crippen LogP contribution in [0.1, 0.15) is 38.5 Å². The second kappa shape index (κ2) is 4.24. The molecule has 0 aliphatic heterocycles. The van der Waals surface area contributed by atoms with Gasteiger partial charge in [0.05, 0.1) is 11.8 Å². The number of furan rings is 1. The van der Waals surface area contributed by atoms with Gasteiger partial charge in [-0.05, 0) is 43.7 Å². The molecular weight excluding hydrogens is 230 g/mol. The predicted molar refractivity (Wildman–Crippen MR) is 65.5 cm³/mol. The quantitative estimate of drug-likeness (QED) is 0.882. The smallest absolute Gasteiger partial charge is 0.247 e. The lowest BCUT2D eigenvalue weighted by Crippen LogP contribution is -2.40. The van der Waals surface area contributed by atoms with E-state index in [2.05, 4.69) is 17.1 Å². The van der Waals surface area contributed by atoms with Crippen molar-refractivity contribution in [2.24, 2.45) is 11.7 Å². The van der Waals surface area contributed by atoms with E-state index in [9.17, 15) is 0 Å². The van der Waals surface area contributed by atoms with Crippen LogP contribution in [0.5, 0.6) is 0 Å². The molecule has 0 saturated heterocycles. The molecule has 2 aromatic heterocycles. The average Bonchev–Trinajstić information content (AvgIpc) is 3.01. The maximum atomic E-state index is 6.38. The second-order valence-corrected chi connectivity index (χ2v) is 5.24. The highest BCUT2D eigenvalue weighted by atomic mass is 16.5. The van der Waals surface area contributed by atoms with E-state index in [1.165, 1.54) is 0 Å². The van der Waals surface area contributed by atoms with Gasteiger partial charge in [0, 0.05) is 0 Å². The van der Waals surface area contributed by atoms with E-state index in [0.29, 0.717) is 17.5 Å². The summed E-state index contributed by atoms with van der Waals surface area (Å²) in [5, 5.41) is 3.94. The fourth-order valence-corrected chi connectivity index (χ4v) is 2.42. The fraction of sp³-hybridized carbons (Fsp3) is 0.538. The number of nitrogens with zero attached hydrogens (tertiary/aromatic N) is 2. The molecule has 18 heavy (non-hydrogen) atoms. The Bertz CT molecular complexity index is 510. The molecule has 1 aliphatic carbocycles. The summed E-state index contributed by atoms with van der Waals surface area (Å²) in [7, 11) is 0. The van der Waals surface area contributed by atoms with Gasteiger partial charge >= 0.3 is 0 Å². The molecule has 96 valence electrons. The van der Waals surface area contributed by atoms with Crippen molar-refractivity contribution in [1.82, 2.24) is 10.1 Å². The summed E-state index contributed by atoms with van der Waals surface area (Å²) in [6.45, 7) is 2.25. The van der Waals surface area contributed by atoms with E-state index in [1.54, 1.807) is 18.4 Å². The molecule has 0 aromatic carbocycles. The highest BCUT2D eigenvalue weighted by molar-refractivity contribution is 5.44. The first kappa shape index (κ1) is 11.5. The molecule has 0 spiro atoms. The SMILES string of the molecule is CC1CCC(N)(c2nc(-c3ccco3)no2)CC1. The van der Waals surface area contributed by atoms with Gasteiger partial charge in [0.2, 0.25) is 11.7 Å². The average molecular weight is 247 g/mol. The molecule has 2 N–H and O–H groups in total. The molecule has 5 heteroatoms. The zero-order valence-corrected chi connectivity index (χ0v) is 10.4. The normalized spacial score (nSPS) is 28.4. The van der Waals surface area contributed by atoms with Crippen LogP contribution >= 0.6 is 0 Å². The van der Waals surface area contributed by atoms with Gasteiger partial charge in [-0.1, -0.05) is 12.1 Å². The van der Waals surface area contributed by atoms with Crippen molar-refractivity contribution in [2.45, 2.75) is 38.1 Å². The summed E-state index contributed by atoms with van der Waals surface area (Å²) < 4.78 is 10.6. The third-order valence-corrected chi connectivity index (χ3v) is 3.76. The van der Waals surface area contributed by atoms with Crippen LogP contribution in [0.3, 0.4) is 0 Å². The van der Waals surface area contributed by atoms with E-state index in [1.807, 2.05) is 0 Å². The lowest BCUT2D eigenvalue weighted by Gasteiger charge is -2.32. The Morgan fingerprint density at radius 2 is 2.17 bits per heavy atom. The Hall–Kier alpha value is -1.62. The maximum Gasteiger partial charge on any atom is 0.247 e. The lowest BCUT2D eigenvalue weighted by atomic mass is 9.78. The van der Waals surface area contributed by atoms with E-state index in [4.69, 9.17) is 14.7 Å². The summed E-state index contributed by atoms with van der Waals surface area (Å²) in [5.74, 6) is 2.34. The zero-order valence-electron chi connectivity index (χ0n) is 10.4. The maximum absolute atomic E-state index is 6.38. The fourth-order valence-electron chi connectivity index (χ4n) is 2.42. The molecule has 1 saturated carbocycles. The second-order valence-electron chi connectivity index (χ2n) is 5.24. The van der Waals surface area contributed by atoms with Gasteiger partial charge in [0.15, 0.2) is 5.76 Å². The first-order valence-electron chi connectivity index (χ1n) is 6.34. The number of hydrogen-bond acceptors (Lipinski definition) is 5. The molecule has 0 amide bonds. The Morgan fingerprint density at radius 3 is 2.83 bits per heavy atom. The minimum absolute atomic E-state index is 0.468. The monoisotopic (exact) mass is 247 g/mol. The summed E-state index contributed by atoms with van der Waals surface area (Å²) in [6.07, 6.45) is 5.59. The number of rotatable bonds is 2. The van der Waals surface area contributed by atoms with Crippen LogP contribution in [0.15, 0.2) is 27.3 Å². The van der Waals surface area contributed by atoms with Crippen molar-refractivity contribution in [2.75, 3.05) is 0 Å². The van der Waals surface area contributed by atoms with Crippen molar-refractivity contribution < 1.29 is 8.94 Å². The molecule has 2 aromatic rings. The Balaban J connectivity index is 1.85. The van der Waals surface area contributed by atoms with Crippen molar-refractivity contribution in [3.8, 4) is 11.6 Å². The van der Waals surface area contributed by atoms with Gasteiger partial charge in [-0.25, -0.2) is 0 Å². The zero-order chi connectivity index (χ0) is 12.6. The molecule has 0 bridgehead atoms. The van der Waals surface area contributed by atoms with Crippen LogP contribution in [0.25, 0.3) is 11.6 Å². The standard InChI is InChI=1S/C13H17N3O2/c1-9-4-6-13(14,7-5-9)12-15-11(16-18-12)10-3-2-8-17-10/h2-3,8-9H,4-7,14H2,1H3. The molecule has 0 unspecified atom stereocenters. The lowest BCUT2D eigenvalue weighted by molar-refractivity contribution is 0.190. The van der Waals surface area contributed by atoms with Crippen molar-refractivity contribution in [3.05, 3.63) is 24.3 Å². The van der Waals surface area contributed by atoms with Crippen LogP contribution in [-0.4, -0.2) is 10.1 Å². The van der Waals surface area contributed by atoms with Gasteiger partial charge in [-0.3, -0.25) is 0 Å². The van der Waals surface area contributed by atoms with E-state index in [-0.39, 0.29) is 0 Å². The Morgan fingerprint density at radius 1 is 1.39 bits per heavy atom. The third kappa shape index (κ3) is 1.95. The highest BCUT2D eigenvalue weighted by Crippen LogP contribution is 2.37. The number of aromatic nitrogens is 2. The molecule has 1 fully saturated rings. The molecule has 0 atom stereocenters. The summed E-state index contributed by atoms with van der Waals surface area (Å²) in [5.41, 5.74) is 5.91. The van der Waals surface area contributed by atoms with Crippen LogP contribution in [-0.2, 0) is 5.54 Å². The van der Waals surface area contributed by atoms with Crippen LogP contribution in [0, 0.1) is 5.92 Å². The molecule has 2 heterocycles. The van der Waals surface area contributed by atoms with E-state index in [0.717, 1.165) is 31.6 Å². The first-order chi connectivity index (χ1) is 8.67. The molecule has 5 nitrogen and oxygen atoms in total. The first-order valence-corrected chi connectivity index (χ1v) is 6.34. The predicted octanol–water partition coefficient (Wildman–Crippen LogP) is 2.69. The number of hydrogen-bond donors (Lipinski definition) is 1. The van der Waals surface area contributed by atoms with Crippen molar-refractivity contribution >= 4 is 0 Å². The minimum Gasteiger partial charge on any atom is -0.461 e. The molecule has 0 radical (unpaired) electrons. The minimum atomic E-state index is -0.468. The Labute approximate surface area is 105 Å². The van der Waals surface area contributed by atoms with Crippen molar-refractivity contribution in [1.29, 1.82) is 0 Å². The number of nitrogens with two attached hydrogens (primary N) is 1. The molecule has 3 rings (SSSR count). The van der Waals surface area contributed by atoms with E-state index >= 15 is 0 Å². The van der Waals surface area contributed by atoms with Gasteiger partial charge in [0.1, 0.15) is 0 Å². The molecular formula is C13H17N3O2. The van der Waals surface area contributed by atoms with Crippen molar-refractivity contribution in [3.63, 3.8) is 0 Å². The van der Waals surface area contributed by atoms with Crippen LogP contribution in [0.4, 0.5) is 0 Å². The Kier molecular flexibility index (Phi) is 2.70. The van der Waals surface area contributed by atoms with Gasteiger partial charge in [-0.15, -0.1) is 0 Å². The highest BCUT2D eigenvalue weighted by Gasteiger charge is 2.37. The van der Waals surface area contributed by atoms with E-state index < -0.39 is 5.54 Å². The summed E-state index contributed by atoms with van der Waals surface area (Å²) in [6, 6.07) is 3.60. The summed E-state index contributed by atoms with van der Waals surface area (Å²) >= 11 is 0.